The molecule has 2 aliphatic rings. The zero-order valence-corrected chi connectivity index (χ0v) is 10.8. The van der Waals surface area contributed by atoms with E-state index in [9.17, 15) is 0 Å². The molecule has 1 aromatic carbocycles. The zero-order chi connectivity index (χ0) is 11.0. The summed E-state index contributed by atoms with van der Waals surface area (Å²) in [6, 6.07) is 5.08. The maximum absolute atomic E-state index is 5.71. The highest BCUT2D eigenvalue weighted by molar-refractivity contribution is 9.10. The van der Waals surface area contributed by atoms with Crippen LogP contribution in [-0.2, 0) is 13.0 Å². The molecule has 0 amide bonds. The molecular weight excluding hydrogens is 266 g/mol. The predicted octanol–water partition coefficient (Wildman–Crippen LogP) is 3.03. The fourth-order valence-corrected chi connectivity index (χ4v) is 2.90. The van der Waals surface area contributed by atoms with E-state index in [1.54, 1.807) is 0 Å². The molecule has 0 atom stereocenters. The summed E-state index contributed by atoms with van der Waals surface area (Å²) in [7, 11) is 0. The molecule has 0 aromatic heterocycles. The Hall–Kier alpha value is -0.540. The minimum atomic E-state index is 0.732. The van der Waals surface area contributed by atoms with E-state index in [0.717, 1.165) is 31.4 Å². The largest absolute Gasteiger partial charge is 0.493 e. The first kappa shape index (κ1) is 10.6. The third-order valence-electron chi connectivity index (χ3n) is 3.51. The van der Waals surface area contributed by atoms with Gasteiger partial charge in [-0.15, -0.1) is 0 Å². The number of ether oxygens (including phenoxy) is 1. The third-order valence-corrected chi connectivity index (χ3v) is 3.97. The maximum Gasteiger partial charge on any atom is 0.127 e. The minimum Gasteiger partial charge on any atom is -0.493 e. The van der Waals surface area contributed by atoms with E-state index in [2.05, 4.69) is 33.4 Å². The summed E-state index contributed by atoms with van der Waals surface area (Å²) in [6.45, 7) is 1.77. The molecule has 1 N–H and O–H groups in total. The number of rotatable bonds is 3. The lowest BCUT2D eigenvalue weighted by Gasteiger charge is -2.26. The highest BCUT2D eigenvalue weighted by atomic mass is 79.9. The summed E-state index contributed by atoms with van der Waals surface area (Å²) in [5.41, 5.74) is 2.65. The van der Waals surface area contributed by atoms with Gasteiger partial charge in [0.1, 0.15) is 5.75 Å². The molecule has 1 aliphatic heterocycles. The second-order valence-electron chi connectivity index (χ2n) is 4.66. The van der Waals surface area contributed by atoms with Crippen molar-refractivity contribution >= 4 is 15.9 Å². The van der Waals surface area contributed by atoms with Crippen molar-refractivity contribution in [3.05, 3.63) is 27.7 Å². The molecule has 1 heterocycles. The minimum absolute atomic E-state index is 0.732. The van der Waals surface area contributed by atoms with Crippen molar-refractivity contribution in [2.75, 3.05) is 6.61 Å². The number of halogens is 1. The number of fused-ring (bicyclic) bond motifs is 1. The highest BCUT2D eigenvalue weighted by Crippen LogP contribution is 2.33. The summed E-state index contributed by atoms with van der Waals surface area (Å²) in [5, 5.41) is 3.59. The van der Waals surface area contributed by atoms with Gasteiger partial charge in [0.05, 0.1) is 6.61 Å². The lowest BCUT2D eigenvalue weighted by atomic mass is 9.93. The average Bonchev–Trinajstić information content (AvgIpc) is 2.62. The monoisotopic (exact) mass is 281 g/mol. The Bertz CT molecular complexity index is 401. The highest BCUT2D eigenvalue weighted by Gasteiger charge is 2.20. The van der Waals surface area contributed by atoms with Crippen molar-refractivity contribution in [2.45, 2.75) is 38.3 Å². The third kappa shape index (κ3) is 1.98. The predicted molar refractivity (Wildman–Crippen MR) is 67.8 cm³/mol. The van der Waals surface area contributed by atoms with Gasteiger partial charge in [0.25, 0.3) is 0 Å². The Morgan fingerprint density at radius 2 is 2.25 bits per heavy atom. The molecule has 3 heteroatoms. The van der Waals surface area contributed by atoms with E-state index in [4.69, 9.17) is 4.74 Å². The van der Waals surface area contributed by atoms with Crippen LogP contribution in [0.15, 0.2) is 16.6 Å². The molecule has 1 saturated carbocycles. The lowest BCUT2D eigenvalue weighted by Crippen LogP contribution is -2.34. The molecule has 0 unspecified atom stereocenters. The number of hydrogen-bond donors (Lipinski definition) is 1. The van der Waals surface area contributed by atoms with Crippen molar-refractivity contribution in [2.24, 2.45) is 0 Å². The summed E-state index contributed by atoms with van der Waals surface area (Å²) >= 11 is 3.57. The van der Waals surface area contributed by atoms with Gasteiger partial charge in [0, 0.05) is 29.0 Å². The van der Waals surface area contributed by atoms with Gasteiger partial charge in [-0.3, -0.25) is 0 Å². The van der Waals surface area contributed by atoms with E-state index in [1.165, 1.54) is 34.9 Å². The quantitative estimate of drug-likeness (QED) is 0.920. The molecule has 1 aromatic rings. The van der Waals surface area contributed by atoms with Crippen LogP contribution >= 0.6 is 15.9 Å². The van der Waals surface area contributed by atoms with Crippen molar-refractivity contribution < 1.29 is 4.74 Å². The van der Waals surface area contributed by atoms with E-state index >= 15 is 0 Å². The molecule has 3 rings (SSSR count). The first-order chi connectivity index (χ1) is 7.83. The Morgan fingerprint density at radius 1 is 1.38 bits per heavy atom. The van der Waals surface area contributed by atoms with E-state index in [-0.39, 0.29) is 0 Å². The molecule has 1 aliphatic carbocycles. The molecule has 16 heavy (non-hydrogen) atoms. The number of hydrogen-bond acceptors (Lipinski definition) is 2. The van der Waals surface area contributed by atoms with Gasteiger partial charge >= 0.3 is 0 Å². The van der Waals surface area contributed by atoms with Gasteiger partial charge in [-0.25, -0.2) is 0 Å². The van der Waals surface area contributed by atoms with Crippen LogP contribution in [0.2, 0.25) is 0 Å². The van der Waals surface area contributed by atoms with Crippen molar-refractivity contribution in [3.8, 4) is 5.75 Å². The standard InChI is InChI=1S/C13H16BrNO/c14-11-6-9-4-5-16-13(9)10(7-11)8-15-12-2-1-3-12/h6-7,12,15H,1-5,8H2. The molecule has 86 valence electrons. The van der Waals surface area contributed by atoms with Crippen LogP contribution in [0.3, 0.4) is 0 Å². The molecule has 0 radical (unpaired) electrons. The first-order valence-corrected chi connectivity index (χ1v) is 6.80. The maximum atomic E-state index is 5.71. The summed E-state index contributed by atoms with van der Waals surface area (Å²) in [4.78, 5) is 0. The van der Waals surface area contributed by atoms with Crippen LogP contribution in [0.1, 0.15) is 30.4 Å². The summed E-state index contributed by atoms with van der Waals surface area (Å²) in [5.74, 6) is 1.12. The second-order valence-corrected chi connectivity index (χ2v) is 5.58. The van der Waals surface area contributed by atoms with Gasteiger partial charge < -0.3 is 10.1 Å². The Morgan fingerprint density at radius 3 is 3.00 bits per heavy atom. The summed E-state index contributed by atoms with van der Waals surface area (Å²) in [6.07, 6.45) is 5.09. The molecular formula is C13H16BrNO. The Balaban J connectivity index is 1.77. The second kappa shape index (κ2) is 4.38. The van der Waals surface area contributed by atoms with Crippen LogP contribution in [0.4, 0.5) is 0 Å². The number of benzene rings is 1. The average molecular weight is 282 g/mol. The van der Waals surface area contributed by atoms with Crippen LogP contribution in [0.25, 0.3) is 0 Å². The smallest absolute Gasteiger partial charge is 0.127 e. The van der Waals surface area contributed by atoms with Crippen molar-refractivity contribution in [1.82, 2.24) is 5.32 Å². The Kier molecular flexibility index (Phi) is 2.90. The molecule has 0 saturated heterocycles. The fourth-order valence-electron chi connectivity index (χ4n) is 2.34. The van der Waals surface area contributed by atoms with Crippen LogP contribution < -0.4 is 10.1 Å². The first-order valence-electron chi connectivity index (χ1n) is 6.00. The molecule has 1 fully saturated rings. The lowest BCUT2D eigenvalue weighted by molar-refractivity contribution is 0.328. The number of nitrogens with one attached hydrogen (secondary N) is 1. The van der Waals surface area contributed by atoms with E-state index in [1.807, 2.05) is 0 Å². The van der Waals surface area contributed by atoms with Crippen LogP contribution in [-0.4, -0.2) is 12.6 Å². The zero-order valence-electron chi connectivity index (χ0n) is 9.26. The topological polar surface area (TPSA) is 21.3 Å². The van der Waals surface area contributed by atoms with Crippen molar-refractivity contribution in [3.63, 3.8) is 0 Å². The van der Waals surface area contributed by atoms with Gasteiger partial charge in [0.2, 0.25) is 0 Å². The van der Waals surface area contributed by atoms with Gasteiger partial charge in [-0.05, 0) is 30.5 Å². The van der Waals surface area contributed by atoms with Gasteiger partial charge in [0.15, 0.2) is 0 Å². The normalized spacial score (nSPS) is 19.1. The van der Waals surface area contributed by atoms with Crippen molar-refractivity contribution in [1.29, 1.82) is 0 Å². The van der Waals surface area contributed by atoms with E-state index in [0.29, 0.717) is 0 Å². The fraction of sp³-hybridized carbons (Fsp3) is 0.538. The Labute approximate surface area is 105 Å². The molecule has 2 nitrogen and oxygen atoms in total. The summed E-state index contributed by atoms with van der Waals surface area (Å²) < 4.78 is 6.88. The van der Waals surface area contributed by atoms with E-state index < -0.39 is 0 Å². The van der Waals surface area contributed by atoms with Gasteiger partial charge in [-0.1, -0.05) is 22.4 Å². The van der Waals surface area contributed by atoms with Gasteiger partial charge in [-0.2, -0.15) is 0 Å². The van der Waals surface area contributed by atoms with Crippen LogP contribution in [0, 0.1) is 0 Å². The molecule has 0 bridgehead atoms. The van der Waals surface area contributed by atoms with Crippen LogP contribution in [0.5, 0.6) is 5.75 Å². The SMILES string of the molecule is Brc1cc2c(c(CNC3CCC3)c1)OCC2. The molecule has 0 spiro atoms.